The Balaban J connectivity index is 2.25. The summed E-state index contributed by atoms with van der Waals surface area (Å²) in [5.41, 5.74) is 6.11. The summed E-state index contributed by atoms with van der Waals surface area (Å²) in [4.78, 5) is 39.2. The molecule has 2 N–H and O–H groups in total. The van der Waals surface area contributed by atoms with Gasteiger partial charge in [0.25, 0.3) is 0 Å². The molecule has 0 heterocycles. The second-order valence-electron chi connectivity index (χ2n) is 7.18. The Bertz CT molecular complexity index is 607. The predicted octanol–water partition coefficient (Wildman–Crippen LogP) is 2.79. The molecule has 0 aromatic heterocycles. The van der Waals surface area contributed by atoms with E-state index in [4.69, 9.17) is 5.73 Å². The molecule has 1 unspecified atom stereocenters. The van der Waals surface area contributed by atoms with E-state index in [2.05, 4.69) is 0 Å². The second kappa shape index (κ2) is 8.79. The highest BCUT2D eigenvalue weighted by atomic mass is 16.2. The van der Waals surface area contributed by atoms with Crippen molar-refractivity contribution in [2.24, 2.45) is 17.6 Å². The normalized spacial score (nSPS) is 16.4. The maximum atomic E-state index is 13.1. The quantitative estimate of drug-likeness (QED) is 0.772. The minimum Gasteiger partial charge on any atom is -0.368 e. The molecule has 0 radical (unpaired) electrons. The number of Topliss-reactive ketones (excluding diaryl/α,β-unsaturated/α-hetero) is 1. The smallest absolute Gasteiger partial charge is 0.240 e. The molecule has 1 aliphatic carbocycles. The van der Waals surface area contributed by atoms with Crippen LogP contribution in [0.3, 0.4) is 0 Å². The van der Waals surface area contributed by atoms with Crippen LogP contribution < -0.4 is 5.73 Å². The van der Waals surface area contributed by atoms with E-state index in [0.717, 1.165) is 32.1 Å². The first-order valence-electron chi connectivity index (χ1n) is 9.10. The van der Waals surface area contributed by atoms with Gasteiger partial charge >= 0.3 is 0 Å². The Labute approximate surface area is 149 Å². The summed E-state index contributed by atoms with van der Waals surface area (Å²) in [6.07, 6.45) is 4.80. The average molecular weight is 344 g/mol. The molecule has 0 saturated heterocycles. The number of benzene rings is 1. The lowest BCUT2D eigenvalue weighted by Crippen LogP contribution is -2.54. The summed E-state index contributed by atoms with van der Waals surface area (Å²) < 4.78 is 0. The Kier molecular flexibility index (Phi) is 6.73. The number of primary amides is 1. The predicted molar refractivity (Wildman–Crippen MR) is 96.9 cm³/mol. The zero-order valence-electron chi connectivity index (χ0n) is 15.1. The molecule has 1 atom stereocenters. The number of hydrogen-bond donors (Lipinski definition) is 1. The molecule has 0 spiro atoms. The summed E-state index contributed by atoms with van der Waals surface area (Å²) in [6, 6.07) is 8.09. The van der Waals surface area contributed by atoms with Crippen molar-refractivity contribution in [3.8, 4) is 0 Å². The maximum Gasteiger partial charge on any atom is 0.240 e. The molecule has 0 aliphatic heterocycles. The van der Waals surface area contributed by atoms with Gasteiger partial charge in [0.1, 0.15) is 6.04 Å². The zero-order valence-corrected chi connectivity index (χ0v) is 15.1. The van der Waals surface area contributed by atoms with Crippen molar-refractivity contribution in [2.75, 3.05) is 6.54 Å². The summed E-state index contributed by atoms with van der Waals surface area (Å²) in [7, 11) is 0. The molecule has 1 aliphatic rings. The molecule has 136 valence electrons. The monoisotopic (exact) mass is 344 g/mol. The van der Waals surface area contributed by atoms with E-state index in [0.29, 0.717) is 5.56 Å². The summed E-state index contributed by atoms with van der Waals surface area (Å²) in [6.45, 7) is 3.60. The van der Waals surface area contributed by atoms with Crippen LogP contribution in [0, 0.1) is 11.8 Å². The highest BCUT2D eigenvalue weighted by Crippen LogP contribution is 2.27. The lowest BCUT2D eigenvalue weighted by molar-refractivity contribution is -0.144. The molecular weight excluding hydrogens is 316 g/mol. The van der Waals surface area contributed by atoms with E-state index in [1.54, 1.807) is 24.3 Å². The number of amides is 2. The van der Waals surface area contributed by atoms with Gasteiger partial charge in [-0.2, -0.15) is 0 Å². The first kappa shape index (κ1) is 19.2. The SMILES string of the molecule is CC(C)C(C(N)=O)N(CC(=O)c1ccccc1)C(=O)C1CCCCC1. The van der Waals surface area contributed by atoms with Gasteiger partial charge in [0, 0.05) is 11.5 Å². The molecule has 1 aromatic rings. The van der Waals surface area contributed by atoms with Gasteiger partial charge in [-0.15, -0.1) is 0 Å². The van der Waals surface area contributed by atoms with Crippen LogP contribution in [0.25, 0.3) is 0 Å². The van der Waals surface area contributed by atoms with Crippen LogP contribution in [0.1, 0.15) is 56.3 Å². The van der Waals surface area contributed by atoms with Gasteiger partial charge in [-0.3, -0.25) is 14.4 Å². The number of ketones is 1. The van der Waals surface area contributed by atoms with Crippen LogP contribution in [-0.2, 0) is 9.59 Å². The fraction of sp³-hybridized carbons (Fsp3) is 0.550. The van der Waals surface area contributed by atoms with Crippen molar-refractivity contribution < 1.29 is 14.4 Å². The van der Waals surface area contributed by atoms with Gasteiger partial charge in [0.15, 0.2) is 5.78 Å². The van der Waals surface area contributed by atoms with Crippen LogP contribution in [0.4, 0.5) is 0 Å². The number of hydrogen-bond acceptors (Lipinski definition) is 3. The number of nitrogens with two attached hydrogens (primary N) is 1. The highest BCUT2D eigenvalue weighted by molar-refractivity contribution is 6.00. The van der Waals surface area contributed by atoms with E-state index >= 15 is 0 Å². The van der Waals surface area contributed by atoms with E-state index in [9.17, 15) is 14.4 Å². The lowest BCUT2D eigenvalue weighted by Gasteiger charge is -2.35. The molecule has 2 rings (SSSR count). The van der Waals surface area contributed by atoms with Gasteiger partial charge in [-0.05, 0) is 18.8 Å². The Hall–Kier alpha value is -2.17. The minimum absolute atomic E-state index is 0.106. The van der Waals surface area contributed by atoms with Crippen molar-refractivity contribution in [1.29, 1.82) is 0 Å². The fourth-order valence-electron chi connectivity index (χ4n) is 3.61. The molecule has 1 saturated carbocycles. The third-order valence-electron chi connectivity index (χ3n) is 4.91. The van der Waals surface area contributed by atoms with Gasteiger partial charge < -0.3 is 10.6 Å². The Morgan fingerprint density at radius 2 is 1.68 bits per heavy atom. The third kappa shape index (κ3) is 4.91. The molecule has 2 amide bonds. The fourth-order valence-corrected chi connectivity index (χ4v) is 3.61. The number of nitrogens with zero attached hydrogens (tertiary/aromatic N) is 1. The van der Waals surface area contributed by atoms with E-state index in [1.807, 2.05) is 19.9 Å². The largest absolute Gasteiger partial charge is 0.368 e. The molecule has 1 aromatic carbocycles. The molecule has 0 bridgehead atoms. The lowest BCUT2D eigenvalue weighted by atomic mass is 9.87. The maximum absolute atomic E-state index is 13.1. The number of carbonyl (C=O) groups is 3. The Morgan fingerprint density at radius 1 is 1.08 bits per heavy atom. The van der Waals surface area contributed by atoms with Gasteiger partial charge in [0.2, 0.25) is 11.8 Å². The van der Waals surface area contributed by atoms with Crippen LogP contribution in [0.5, 0.6) is 0 Å². The van der Waals surface area contributed by atoms with Crippen LogP contribution >= 0.6 is 0 Å². The van der Waals surface area contributed by atoms with Crippen molar-refractivity contribution in [3.05, 3.63) is 35.9 Å². The van der Waals surface area contributed by atoms with E-state index in [-0.39, 0.29) is 30.1 Å². The first-order chi connectivity index (χ1) is 11.9. The van der Waals surface area contributed by atoms with Gasteiger partial charge in [-0.25, -0.2) is 0 Å². The standard InChI is InChI=1S/C20H28N2O3/c1-14(2)18(19(21)24)22(20(25)16-11-7-4-8-12-16)13-17(23)15-9-5-3-6-10-15/h3,5-6,9-10,14,16,18H,4,7-8,11-13H2,1-2H3,(H2,21,24). The summed E-state index contributed by atoms with van der Waals surface area (Å²) in [5, 5.41) is 0. The van der Waals surface area contributed by atoms with Crippen molar-refractivity contribution in [2.45, 2.75) is 52.0 Å². The molecule has 1 fully saturated rings. The molecule has 5 nitrogen and oxygen atoms in total. The van der Waals surface area contributed by atoms with E-state index in [1.165, 1.54) is 4.90 Å². The number of rotatable bonds is 7. The first-order valence-corrected chi connectivity index (χ1v) is 9.10. The zero-order chi connectivity index (χ0) is 18.4. The van der Waals surface area contributed by atoms with Gasteiger partial charge in [-0.1, -0.05) is 63.4 Å². The van der Waals surface area contributed by atoms with Crippen LogP contribution in [0.2, 0.25) is 0 Å². The van der Waals surface area contributed by atoms with Crippen molar-refractivity contribution >= 4 is 17.6 Å². The van der Waals surface area contributed by atoms with Crippen molar-refractivity contribution in [1.82, 2.24) is 4.90 Å². The molecule has 5 heteroatoms. The summed E-state index contributed by atoms with van der Waals surface area (Å²) >= 11 is 0. The van der Waals surface area contributed by atoms with E-state index < -0.39 is 11.9 Å². The highest BCUT2D eigenvalue weighted by Gasteiger charge is 2.36. The third-order valence-corrected chi connectivity index (χ3v) is 4.91. The van der Waals surface area contributed by atoms with Crippen molar-refractivity contribution in [3.63, 3.8) is 0 Å². The molecular formula is C20H28N2O3. The van der Waals surface area contributed by atoms with Crippen LogP contribution in [-0.4, -0.2) is 35.1 Å². The summed E-state index contributed by atoms with van der Waals surface area (Å²) in [5.74, 6) is -1.09. The minimum atomic E-state index is -0.762. The van der Waals surface area contributed by atoms with Gasteiger partial charge in [0.05, 0.1) is 6.54 Å². The number of carbonyl (C=O) groups excluding carboxylic acids is 3. The topological polar surface area (TPSA) is 80.5 Å². The average Bonchev–Trinajstić information content (AvgIpc) is 2.61. The van der Waals surface area contributed by atoms with Crippen LogP contribution in [0.15, 0.2) is 30.3 Å². The molecule has 25 heavy (non-hydrogen) atoms. The Morgan fingerprint density at radius 3 is 2.20 bits per heavy atom. The second-order valence-corrected chi connectivity index (χ2v) is 7.18.